The number of ether oxygens (including phenoxy) is 1. The van der Waals surface area contributed by atoms with E-state index in [1.54, 1.807) is 5.01 Å². The lowest BCUT2D eigenvalue weighted by Gasteiger charge is -2.15. The zero-order valence-electron chi connectivity index (χ0n) is 14.1. The molecule has 1 aromatic carbocycles. The molecule has 2 aromatic rings. The van der Waals surface area contributed by atoms with Crippen molar-refractivity contribution in [3.63, 3.8) is 0 Å². The molecule has 0 saturated carbocycles. The normalized spacial score (nSPS) is 9.96. The summed E-state index contributed by atoms with van der Waals surface area (Å²) in [5, 5.41) is 10.2. The van der Waals surface area contributed by atoms with Gasteiger partial charge in [0.2, 0.25) is 5.96 Å². The number of nitrogens with two attached hydrogens (primary N) is 1. The molecule has 7 heteroatoms. The quantitative estimate of drug-likeness (QED) is 0.178. The van der Waals surface area contributed by atoms with Crippen LogP contribution >= 0.6 is 11.6 Å². The van der Waals surface area contributed by atoms with Crippen LogP contribution < -0.4 is 44.1 Å². The molecule has 0 aliphatic rings. The number of hydrogen-bond acceptors (Lipinski definition) is 2. The Balaban J connectivity index is 0.00000312. The van der Waals surface area contributed by atoms with Crippen molar-refractivity contribution in [3.05, 3.63) is 59.9 Å². The molecule has 0 radical (unpaired) electrons. The van der Waals surface area contributed by atoms with Crippen LogP contribution in [0.3, 0.4) is 0 Å². The molecule has 1 heterocycles. The highest BCUT2D eigenvalue weighted by atomic mass is 127. The predicted octanol–water partition coefficient (Wildman–Crippen LogP) is 0.102. The van der Waals surface area contributed by atoms with E-state index in [9.17, 15) is 0 Å². The lowest BCUT2D eigenvalue weighted by molar-refractivity contribution is -0.681. The van der Waals surface area contributed by atoms with E-state index >= 15 is 0 Å². The minimum absolute atomic E-state index is 0. The molecule has 0 spiro atoms. The van der Waals surface area contributed by atoms with Crippen LogP contribution in [0, 0.1) is 5.41 Å². The highest BCUT2D eigenvalue weighted by Crippen LogP contribution is 2.15. The first-order valence-corrected chi connectivity index (χ1v) is 8.51. The lowest BCUT2D eigenvalue weighted by Crippen LogP contribution is -3.00. The average Bonchev–Trinajstić information content (AvgIpc) is 2.59. The number of guanidine groups is 1. The molecule has 0 unspecified atom stereocenters. The predicted molar refractivity (Wildman–Crippen MR) is 97.1 cm³/mol. The van der Waals surface area contributed by atoms with Crippen LogP contribution in [0.4, 0.5) is 0 Å². The van der Waals surface area contributed by atoms with Gasteiger partial charge in [-0.15, -0.1) is 5.01 Å². The molecule has 0 amide bonds. The third-order valence-corrected chi connectivity index (χ3v) is 3.86. The number of nitrogens with one attached hydrogen (secondary N) is 1. The van der Waals surface area contributed by atoms with Gasteiger partial charge < -0.3 is 34.4 Å². The minimum atomic E-state index is 0. The molecule has 3 N–H and O–H groups in total. The van der Waals surface area contributed by atoms with Crippen molar-refractivity contribution < 1.29 is 33.4 Å². The molecule has 1 aromatic heterocycles. The number of halogens is 2. The van der Waals surface area contributed by atoms with Crippen LogP contribution in [-0.2, 0) is 0 Å². The van der Waals surface area contributed by atoms with Gasteiger partial charge in [0.15, 0.2) is 12.4 Å². The first-order valence-electron chi connectivity index (χ1n) is 8.13. The van der Waals surface area contributed by atoms with E-state index in [4.69, 9.17) is 27.5 Å². The summed E-state index contributed by atoms with van der Waals surface area (Å²) in [6.45, 7) is 1.42. The van der Waals surface area contributed by atoms with Crippen molar-refractivity contribution in [3.8, 4) is 5.75 Å². The van der Waals surface area contributed by atoms with Crippen molar-refractivity contribution in [1.29, 1.82) is 5.41 Å². The molecule has 136 valence electrons. The van der Waals surface area contributed by atoms with E-state index in [0.717, 1.165) is 38.0 Å². The molecule has 0 aliphatic carbocycles. The van der Waals surface area contributed by atoms with Crippen molar-refractivity contribution in [2.45, 2.75) is 25.7 Å². The van der Waals surface area contributed by atoms with Crippen molar-refractivity contribution in [2.75, 3.05) is 18.2 Å². The van der Waals surface area contributed by atoms with Crippen molar-refractivity contribution in [2.24, 2.45) is 5.73 Å². The Morgan fingerprint density at radius 2 is 1.68 bits per heavy atom. The molecular formula is C18H24ClIN4O. The number of pyridine rings is 1. The Labute approximate surface area is 171 Å². The van der Waals surface area contributed by atoms with Gasteiger partial charge in [0.05, 0.1) is 13.2 Å². The highest BCUT2D eigenvalue weighted by molar-refractivity contribution is 6.30. The third-order valence-electron chi connectivity index (χ3n) is 3.60. The fourth-order valence-corrected chi connectivity index (χ4v) is 2.47. The lowest BCUT2D eigenvalue weighted by atomic mass is 10.2. The van der Waals surface area contributed by atoms with Crippen LogP contribution in [0.25, 0.3) is 0 Å². The number of hydrogen-bond donors (Lipinski definition) is 2. The molecule has 25 heavy (non-hydrogen) atoms. The maximum Gasteiger partial charge on any atom is 0.246 e. The van der Waals surface area contributed by atoms with Gasteiger partial charge in [-0.05, 0) is 43.5 Å². The summed E-state index contributed by atoms with van der Waals surface area (Å²) < 4.78 is 7.51. The van der Waals surface area contributed by atoms with Gasteiger partial charge in [0.1, 0.15) is 5.75 Å². The van der Waals surface area contributed by atoms with Gasteiger partial charge in [-0.3, -0.25) is 5.41 Å². The maximum atomic E-state index is 7.70. The van der Waals surface area contributed by atoms with Gasteiger partial charge in [-0.1, -0.05) is 28.8 Å². The van der Waals surface area contributed by atoms with Gasteiger partial charge in [-0.2, -0.15) is 0 Å². The Morgan fingerprint density at radius 1 is 1.04 bits per heavy atom. The Morgan fingerprint density at radius 3 is 2.32 bits per heavy atom. The second-order valence-electron chi connectivity index (χ2n) is 5.48. The van der Waals surface area contributed by atoms with Gasteiger partial charge >= 0.3 is 0 Å². The molecule has 5 nitrogen and oxygen atoms in total. The van der Waals surface area contributed by atoms with Gasteiger partial charge in [0, 0.05) is 17.2 Å². The van der Waals surface area contributed by atoms with Crippen molar-refractivity contribution >= 4 is 17.6 Å². The number of rotatable bonds is 9. The molecule has 2 rings (SSSR count). The smallest absolute Gasteiger partial charge is 0.246 e. The van der Waals surface area contributed by atoms with Gasteiger partial charge in [0.25, 0.3) is 0 Å². The fourth-order valence-electron chi connectivity index (χ4n) is 2.35. The molecule has 0 bridgehead atoms. The molecule has 0 saturated heterocycles. The van der Waals surface area contributed by atoms with Crippen LogP contribution in [0.1, 0.15) is 25.7 Å². The molecular weight excluding hydrogens is 451 g/mol. The average molecular weight is 475 g/mol. The SMILES string of the molecule is N=C(N)N(CCCCCCOc1ccc(Cl)cc1)[n+]1ccccc1.[I-]. The zero-order chi connectivity index (χ0) is 17.2. The van der Waals surface area contributed by atoms with E-state index < -0.39 is 0 Å². The van der Waals surface area contributed by atoms with E-state index in [-0.39, 0.29) is 29.9 Å². The van der Waals surface area contributed by atoms with E-state index in [1.807, 2.05) is 59.5 Å². The van der Waals surface area contributed by atoms with E-state index in [0.29, 0.717) is 11.6 Å². The zero-order valence-corrected chi connectivity index (χ0v) is 17.0. The summed E-state index contributed by atoms with van der Waals surface area (Å²) in [4.78, 5) is 0. The molecule has 0 fully saturated rings. The van der Waals surface area contributed by atoms with Crippen molar-refractivity contribution in [1.82, 2.24) is 0 Å². The molecule has 0 atom stereocenters. The number of benzene rings is 1. The second-order valence-corrected chi connectivity index (χ2v) is 5.92. The summed E-state index contributed by atoms with van der Waals surface area (Å²) in [5.41, 5.74) is 5.67. The standard InChI is InChI=1S/C18H24ClN4O.HI/c19-16-8-10-17(11-9-16)24-15-7-2-1-6-14-23(18(20)21)22-12-4-3-5-13-22;/h3-5,8-13H,1-2,6-7,14-15H2,(H3,20,21);1H/q+1;/p-1. The highest BCUT2D eigenvalue weighted by Gasteiger charge is 2.15. The van der Waals surface area contributed by atoms with Crippen LogP contribution in [0.2, 0.25) is 5.02 Å². The topological polar surface area (TPSA) is 66.2 Å². The van der Waals surface area contributed by atoms with Crippen LogP contribution in [0.15, 0.2) is 54.9 Å². The summed E-state index contributed by atoms with van der Waals surface area (Å²) >= 11 is 5.84. The van der Waals surface area contributed by atoms with E-state index in [1.165, 1.54) is 0 Å². The summed E-state index contributed by atoms with van der Waals surface area (Å²) in [7, 11) is 0. The third kappa shape index (κ3) is 7.92. The number of unbranched alkanes of at least 4 members (excludes halogenated alkanes) is 3. The Bertz CT molecular complexity index is 625. The molecule has 0 aliphatic heterocycles. The monoisotopic (exact) mass is 474 g/mol. The van der Waals surface area contributed by atoms with Gasteiger partial charge in [-0.25, -0.2) is 0 Å². The van der Waals surface area contributed by atoms with Crippen LogP contribution in [-0.4, -0.2) is 19.1 Å². The fraction of sp³-hybridized carbons (Fsp3) is 0.333. The first kappa shape index (κ1) is 21.5. The Hall–Kier alpha value is -1.54. The largest absolute Gasteiger partial charge is 1.00 e. The summed E-state index contributed by atoms with van der Waals surface area (Å²) in [5.74, 6) is 0.903. The second kappa shape index (κ2) is 11.9. The summed E-state index contributed by atoms with van der Waals surface area (Å²) in [6.07, 6.45) is 7.91. The first-order chi connectivity index (χ1) is 11.7. The minimum Gasteiger partial charge on any atom is -1.00 e. The van der Waals surface area contributed by atoms with Crippen LogP contribution in [0.5, 0.6) is 5.75 Å². The maximum absolute atomic E-state index is 7.70. The summed E-state index contributed by atoms with van der Waals surface area (Å²) in [6, 6.07) is 13.2. The Kier molecular flexibility index (Phi) is 10.3. The number of nitrogens with zero attached hydrogens (tertiary/aromatic N) is 2. The number of aromatic nitrogens is 1. The van der Waals surface area contributed by atoms with E-state index in [2.05, 4.69) is 0 Å².